The van der Waals surface area contributed by atoms with Crippen LogP contribution in [0.25, 0.3) is 33.8 Å². The fourth-order valence-corrected chi connectivity index (χ4v) is 4.87. The summed E-state index contributed by atoms with van der Waals surface area (Å²) in [5.74, 6) is 0.471. The average Bonchev–Trinajstić information content (AvgIpc) is 3.45. The number of benzene rings is 3. The number of oxazole rings is 1. The van der Waals surface area contributed by atoms with Gasteiger partial charge >= 0.3 is 0 Å². The number of H-pyrrole nitrogens is 1. The van der Waals surface area contributed by atoms with Crippen LogP contribution >= 0.6 is 0 Å². The van der Waals surface area contributed by atoms with Crippen LogP contribution < -0.4 is 4.72 Å². The number of fused-ring (bicyclic) bond motifs is 1. The molecule has 0 amide bonds. The van der Waals surface area contributed by atoms with E-state index >= 15 is 0 Å². The highest BCUT2D eigenvalue weighted by Crippen LogP contribution is 2.34. The second-order valence-electron chi connectivity index (χ2n) is 9.59. The smallest absolute Gasteiger partial charge is 0.261 e. The largest absolute Gasteiger partial charge is 0.436 e. The summed E-state index contributed by atoms with van der Waals surface area (Å²) in [6.07, 6.45) is 1.75. The molecule has 8 heteroatoms. The minimum Gasteiger partial charge on any atom is -0.436 e. The number of hydrogen-bond acceptors (Lipinski definition) is 5. The van der Waals surface area contributed by atoms with E-state index in [-0.39, 0.29) is 10.3 Å². The molecule has 7 nitrogen and oxygen atoms in total. The lowest BCUT2D eigenvalue weighted by Gasteiger charge is -2.18. The molecule has 0 bridgehead atoms. The Kier molecular flexibility index (Phi) is 5.48. The zero-order chi connectivity index (χ0) is 24.8. The standard InChI is InChI=1S/C27H26N4O3S/c1-17-5-12-21(13-6-17)35(32,33)31-20-10-7-18(8-11-20)25-22(16-28-30-25)26-29-23-15-19(27(2,3)4)9-14-24(23)34-26/h5-16,31H,1-4H3,(H,28,30). The predicted octanol–water partition coefficient (Wildman–Crippen LogP) is 6.29. The molecule has 0 unspecified atom stereocenters. The van der Waals surface area contributed by atoms with E-state index in [1.807, 2.05) is 25.1 Å². The van der Waals surface area contributed by atoms with Gasteiger partial charge in [-0.2, -0.15) is 5.10 Å². The summed E-state index contributed by atoms with van der Waals surface area (Å²) in [4.78, 5) is 4.92. The van der Waals surface area contributed by atoms with Crippen molar-refractivity contribution < 1.29 is 12.8 Å². The van der Waals surface area contributed by atoms with Crippen LogP contribution in [0, 0.1) is 6.92 Å². The summed E-state index contributed by atoms with van der Waals surface area (Å²) in [6.45, 7) is 8.39. The van der Waals surface area contributed by atoms with Gasteiger partial charge in [0, 0.05) is 17.4 Å². The Balaban J connectivity index is 1.42. The number of rotatable bonds is 5. The molecule has 178 valence electrons. The van der Waals surface area contributed by atoms with E-state index in [1.165, 1.54) is 5.56 Å². The Morgan fingerprint density at radius 3 is 2.34 bits per heavy atom. The third-order valence-corrected chi connectivity index (χ3v) is 7.26. The third kappa shape index (κ3) is 4.57. The molecule has 3 aromatic carbocycles. The highest BCUT2D eigenvalue weighted by atomic mass is 32.2. The van der Waals surface area contributed by atoms with Gasteiger partial charge in [-0.15, -0.1) is 0 Å². The molecule has 0 saturated carbocycles. The lowest BCUT2D eigenvalue weighted by molar-refractivity contribution is 0.590. The molecule has 5 rings (SSSR count). The lowest BCUT2D eigenvalue weighted by atomic mass is 9.87. The zero-order valence-corrected chi connectivity index (χ0v) is 20.8. The second kappa shape index (κ2) is 8.39. The van der Waals surface area contributed by atoms with Gasteiger partial charge in [0.2, 0.25) is 5.89 Å². The molecule has 0 fully saturated rings. The van der Waals surface area contributed by atoms with Crippen LogP contribution in [-0.2, 0) is 15.4 Å². The van der Waals surface area contributed by atoms with Gasteiger partial charge in [0.05, 0.1) is 10.5 Å². The van der Waals surface area contributed by atoms with E-state index in [2.05, 4.69) is 47.8 Å². The fourth-order valence-electron chi connectivity index (χ4n) is 3.81. The minimum absolute atomic E-state index is 0.0107. The van der Waals surface area contributed by atoms with Crippen molar-refractivity contribution in [1.29, 1.82) is 0 Å². The van der Waals surface area contributed by atoms with Crippen LogP contribution in [0.3, 0.4) is 0 Å². The van der Waals surface area contributed by atoms with Crippen molar-refractivity contribution in [2.75, 3.05) is 4.72 Å². The van der Waals surface area contributed by atoms with Gasteiger partial charge in [0.25, 0.3) is 10.0 Å². The zero-order valence-electron chi connectivity index (χ0n) is 20.0. The molecular weight excluding hydrogens is 460 g/mol. The molecule has 0 radical (unpaired) electrons. The van der Waals surface area contributed by atoms with Crippen molar-refractivity contribution in [2.45, 2.75) is 38.0 Å². The van der Waals surface area contributed by atoms with Crippen molar-refractivity contribution in [3.05, 3.63) is 84.1 Å². The maximum Gasteiger partial charge on any atom is 0.261 e. The maximum absolute atomic E-state index is 12.7. The number of sulfonamides is 1. The maximum atomic E-state index is 12.7. The van der Waals surface area contributed by atoms with Gasteiger partial charge in [-0.1, -0.05) is 56.7 Å². The fraction of sp³-hybridized carbons (Fsp3) is 0.185. The molecule has 0 atom stereocenters. The van der Waals surface area contributed by atoms with Crippen molar-refractivity contribution in [3.8, 4) is 22.7 Å². The number of hydrogen-bond donors (Lipinski definition) is 2. The number of anilines is 1. The summed E-state index contributed by atoms with van der Waals surface area (Å²) in [5.41, 5.74) is 6.35. The van der Waals surface area contributed by atoms with E-state index < -0.39 is 10.0 Å². The van der Waals surface area contributed by atoms with Crippen LogP contribution in [0.5, 0.6) is 0 Å². The van der Waals surface area contributed by atoms with Crippen molar-refractivity contribution in [2.24, 2.45) is 0 Å². The summed E-state index contributed by atoms with van der Waals surface area (Å²) in [7, 11) is -3.67. The van der Waals surface area contributed by atoms with Gasteiger partial charge < -0.3 is 4.42 Å². The molecule has 2 heterocycles. The first-order chi connectivity index (χ1) is 16.6. The summed E-state index contributed by atoms with van der Waals surface area (Å²) >= 11 is 0. The van der Waals surface area contributed by atoms with Gasteiger partial charge in [-0.05, 0) is 54.3 Å². The number of aryl methyl sites for hydroxylation is 1. The van der Waals surface area contributed by atoms with Crippen LogP contribution in [0.15, 0.2) is 82.2 Å². The van der Waals surface area contributed by atoms with Crippen molar-refractivity contribution in [3.63, 3.8) is 0 Å². The molecule has 0 saturated heterocycles. The topological polar surface area (TPSA) is 101 Å². The number of nitrogens with one attached hydrogen (secondary N) is 2. The predicted molar refractivity (Wildman–Crippen MR) is 138 cm³/mol. The molecule has 0 aliphatic heterocycles. The van der Waals surface area contributed by atoms with E-state index in [0.717, 1.165) is 22.2 Å². The Hall–Kier alpha value is -3.91. The lowest BCUT2D eigenvalue weighted by Crippen LogP contribution is -2.12. The van der Waals surface area contributed by atoms with Crippen LogP contribution in [0.4, 0.5) is 5.69 Å². The summed E-state index contributed by atoms with van der Waals surface area (Å²) in [6, 6.07) is 19.8. The average molecular weight is 487 g/mol. The quantitative estimate of drug-likeness (QED) is 0.304. The summed E-state index contributed by atoms with van der Waals surface area (Å²) < 4.78 is 34.0. The Morgan fingerprint density at radius 1 is 0.943 bits per heavy atom. The monoisotopic (exact) mass is 486 g/mol. The second-order valence-corrected chi connectivity index (χ2v) is 11.3. The summed E-state index contributed by atoms with van der Waals surface area (Å²) in [5, 5.41) is 7.28. The first-order valence-electron chi connectivity index (χ1n) is 11.3. The number of aromatic amines is 1. The Bertz CT molecular complexity index is 1610. The van der Waals surface area contributed by atoms with Crippen LogP contribution in [0.1, 0.15) is 31.9 Å². The first kappa shape index (κ1) is 22.9. The minimum atomic E-state index is -3.67. The van der Waals surface area contributed by atoms with Gasteiger partial charge in [-0.25, -0.2) is 13.4 Å². The van der Waals surface area contributed by atoms with Gasteiger partial charge in [0.1, 0.15) is 11.2 Å². The van der Waals surface area contributed by atoms with E-state index in [0.29, 0.717) is 22.9 Å². The van der Waals surface area contributed by atoms with E-state index in [1.54, 1.807) is 42.6 Å². The molecule has 0 aliphatic rings. The SMILES string of the molecule is Cc1ccc(S(=O)(=O)Nc2ccc(-c3n[nH]cc3-c3nc4cc(C(C)(C)C)ccc4o3)cc2)cc1. The molecule has 0 spiro atoms. The van der Waals surface area contributed by atoms with E-state index in [4.69, 9.17) is 9.40 Å². The van der Waals surface area contributed by atoms with Crippen LogP contribution in [-0.4, -0.2) is 23.6 Å². The normalized spacial score (nSPS) is 12.2. The molecule has 35 heavy (non-hydrogen) atoms. The number of nitrogens with zero attached hydrogens (tertiary/aromatic N) is 2. The Morgan fingerprint density at radius 2 is 1.66 bits per heavy atom. The third-order valence-electron chi connectivity index (χ3n) is 5.87. The molecule has 5 aromatic rings. The van der Waals surface area contributed by atoms with Gasteiger partial charge in [-0.3, -0.25) is 9.82 Å². The molecule has 2 aromatic heterocycles. The molecule has 0 aliphatic carbocycles. The number of aromatic nitrogens is 3. The first-order valence-corrected chi connectivity index (χ1v) is 12.7. The Labute approximate surface area is 204 Å². The highest BCUT2D eigenvalue weighted by Gasteiger charge is 2.20. The van der Waals surface area contributed by atoms with Crippen molar-refractivity contribution in [1.82, 2.24) is 15.2 Å². The van der Waals surface area contributed by atoms with Gasteiger partial charge in [0.15, 0.2) is 5.58 Å². The van der Waals surface area contributed by atoms with Crippen molar-refractivity contribution >= 4 is 26.8 Å². The van der Waals surface area contributed by atoms with E-state index in [9.17, 15) is 8.42 Å². The highest BCUT2D eigenvalue weighted by molar-refractivity contribution is 7.92. The van der Waals surface area contributed by atoms with Crippen LogP contribution in [0.2, 0.25) is 0 Å². The molecule has 2 N–H and O–H groups in total. The molecular formula is C27H26N4O3S.